The third-order valence-corrected chi connectivity index (χ3v) is 5.77. The Hall–Kier alpha value is -3.25. The maximum absolute atomic E-state index is 12.9. The van der Waals surface area contributed by atoms with Gasteiger partial charge in [-0.1, -0.05) is 28.1 Å². The molecule has 1 heterocycles. The van der Waals surface area contributed by atoms with Gasteiger partial charge in [0.15, 0.2) is 0 Å². The molecule has 0 atom stereocenters. The van der Waals surface area contributed by atoms with Crippen LogP contribution in [-0.2, 0) is 11.3 Å². The minimum Gasteiger partial charge on any atom is -0.497 e. The van der Waals surface area contributed by atoms with Crippen LogP contribution in [0.4, 0.5) is 0 Å². The standard InChI is InChI=1S/C26H24BrNO4/c1-4-31-26(29)25-17(2)28(20-8-10-21(30-3)11-9-20)24-13-12-22(15-23(24)25)32-16-18-6-5-7-19(27)14-18/h5-15H,4,16H2,1-3H3. The van der Waals surface area contributed by atoms with Crippen molar-refractivity contribution >= 4 is 32.8 Å². The van der Waals surface area contributed by atoms with Gasteiger partial charge in [0.1, 0.15) is 18.1 Å². The Morgan fingerprint density at radius 1 is 1.00 bits per heavy atom. The maximum atomic E-state index is 12.9. The first-order chi connectivity index (χ1) is 15.5. The lowest BCUT2D eigenvalue weighted by atomic mass is 10.1. The number of hydrogen-bond acceptors (Lipinski definition) is 4. The topological polar surface area (TPSA) is 49.7 Å². The lowest BCUT2D eigenvalue weighted by molar-refractivity contribution is 0.0527. The average molecular weight is 494 g/mol. The van der Waals surface area contributed by atoms with Gasteiger partial charge in [-0.2, -0.15) is 0 Å². The van der Waals surface area contributed by atoms with Gasteiger partial charge >= 0.3 is 5.97 Å². The molecule has 1 aromatic heterocycles. The van der Waals surface area contributed by atoms with E-state index in [1.807, 2.05) is 80.6 Å². The molecule has 4 aromatic rings. The van der Waals surface area contributed by atoms with E-state index in [0.29, 0.717) is 24.5 Å². The Morgan fingerprint density at radius 3 is 2.44 bits per heavy atom. The third kappa shape index (κ3) is 4.36. The monoisotopic (exact) mass is 493 g/mol. The fourth-order valence-electron chi connectivity index (χ4n) is 3.81. The molecule has 0 fully saturated rings. The highest BCUT2D eigenvalue weighted by Gasteiger charge is 2.22. The van der Waals surface area contributed by atoms with Crippen LogP contribution in [0.2, 0.25) is 0 Å². The first kappa shape index (κ1) is 22.0. The molecule has 6 heteroatoms. The predicted molar refractivity (Wildman–Crippen MR) is 129 cm³/mol. The summed E-state index contributed by atoms with van der Waals surface area (Å²) in [7, 11) is 1.64. The lowest BCUT2D eigenvalue weighted by Crippen LogP contribution is -2.07. The van der Waals surface area contributed by atoms with Gasteiger partial charge in [-0.05, 0) is 74.0 Å². The number of aromatic nitrogens is 1. The quantitative estimate of drug-likeness (QED) is 0.277. The van der Waals surface area contributed by atoms with Crippen LogP contribution in [-0.4, -0.2) is 24.3 Å². The Balaban J connectivity index is 1.77. The van der Waals surface area contributed by atoms with Crippen molar-refractivity contribution < 1.29 is 19.0 Å². The first-order valence-corrected chi connectivity index (χ1v) is 11.1. The molecule has 0 aliphatic rings. The van der Waals surface area contributed by atoms with Gasteiger partial charge in [0.2, 0.25) is 0 Å². The zero-order valence-electron chi connectivity index (χ0n) is 18.2. The second-order valence-electron chi connectivity index (χ2n) is 7.31. The smallest absolute Gasteiger partial charge is 0.340 e. The molecule has 164 valence electrons. The van der Waals surface area contributed by atoms with Crippen LogP contribution < -0.4 is 9.47 Å². The van der Waals surface area contributed by atoms with E-state index in [1.54, 1.807) is 7.11 Å². The molecule has 4 rings (SSSR count). The van der Waals surface area contributed by atoms with Crippen LogP contribution in [0.25, 0.3) is 16.6 Å². The molecule has 5 nitrogen and oxygen atoms in total. The van der Waals surface area contributed by atoms with E-state index in [1.165, 1.54) is 0 Å². The summed E-state index contributed by atoms with van der Waals surface area (Å²) in [6.45, 7) is 4.48. The molecule has 0 spiro atoms. The van der Waals surface area contributed by atoms with E-state index in [9.17, 15) is 4.79 Å². The highest BCUT2D eigenvalue weighted by molar-refractivity contribution is 9.10. The highest BCUT2D eigenvalue weighted by atomic mass is 79.9. The molecular formula is C26H24BrNO4. The molecule has 0 radical (unpaired) electrons. The van der Waals surface area contributed by atoms with Crippen molar-refractivity contribution in [3.05, 3.63) is 88.0 Å². The Kier molecular flexibility index (Phi) is 6.51. The molecule has 3 aromatic carbocycles. The summed E-state index contributed by atoms with van der Waals surface area (Å²) >= 11 is 3.49. The van der Waals surface area contributed by atoms with Crippen LogP contribution in [0.1, 0.15) is 28.5 Å². The molecule has 32 heavy (non-hydrogen) atoms. The number of nitrogens with zero attached hydrogens (tertiary/aromatic N) is 1. The van der Waals surface area contributed by atoms with Crippen LogP contribution in [0, 0.1) is 6.92 Å². The molecule has 0 bridgehead atoms. The van der Waals surface area contributed by atoms with E-state index in [0.717, 1.165) is 38.1 Å². The van der Waals surface area contributed by atoms with E-state index in [-0.39, 0.29) is 5.97 Å². The van der Waals surface area contributed by atoms with Crippen LogP contribution in [0.15, 0.2) is 71.2 Å². The van der Waals surface area contributed by atoms with E-state index in [4.69, 9.17) is 14.2 Å². The summed E-state index contributed by atoms with van der Waals surface area (Å²) in [5.74, 6) is 1.12. The zero-order chi connectivity index (χ0) is 22.7. The van der Waals surface area contributed by atoms with Crippen molar-refractivity contribution in [2.24, 2.45) is 0 Å². The third-order valence-electron chi connectivity index (χ3n) is 5.28. The van der Waals surface area contributed by atoms with Crippen molar-refractivity contribution in [2.45, 2.75) is 20.5 Å². The molecule has 0 aliphatic carbocycles. The molecule has 0 aliphatic heterocycles. The number of benzene rings is 3. The van der Waals surface area contributed by atoms with Gasteiger partial charge in [-0.25, -0.2) is 4.79 Å². The minimum atomic E-state index is -0.341. The normalized spacial score (nSPS) is 10.9. The number of carbonyl (C=O) groups is 1. The van der Waals surface area contributed by atoms with Crippen molar-refractivity contribution in [3.8, 4) is 17.2 Å². The number of carbonyl (C=O) groups excluding carboxylic acids is 1. The zero-order valence-corrected chi connectivity index (χ0v) is 19.8. The summed E-state index contributed by atoms with van der Waals surface area (Å²) in [5.41, 5.74) is 4.26. The Labute approximate surface area is 195 Å². The molecule has 0 unspecified atom stereocenters. The van der Waals surface area contributed by atoms with Crippen LogP contribution >= 0.6 is 15.9 Å². The summed E-state index contributed by atoms with van der Waals surface area (Å²) in [5, 5.41) is 0.795. The van der Waals surface area contributed by atoms with E-state index in [2.05, 4.69) is 20.5 Å². The second-order valence-corrected chi connectivity index (χ2v) is 8.23. The molecule has 0 N–H and O–H groups in total. The summed E-state index contributed by atoms with van der Waals surface area (Å²) in [4.78, 5) is 12.9. The van der Waals surface area contributed by atoms with Gasteiger partial charge in [0, 0.05) is 21.2 Å². The maximum Gasteiger partial charge on any atom is 0.340 e. The number of ether oxygens (including phenoxy) is 3. The molecule has 0 saturated carbocycles. The van der Waals surface area contributed by atoms with Gasteiger partial charge in [0.05, 0.1) is 24.8 Å². The lowest BCUT2D eigenvalue weighted by Gasteiger charge is -2.10. The molecule has 0 saturated heterocycles. The highest BCUT2D eigenvalue weighted by Crippen LogP contribution is 2.33. The van der Waals surface area contributed by atoms with Crippen LogP contribution in [0.5, 0.6) is 11.5 Å². The number of esters is 1. The van der Waals surface area contributed by atoms with Gasteiger partial charge in [-0.15, -0.1) is 0 Å². The molecule has 0 amide bonds. The molecular weight excluding hydrogens is 470 g/mol. The van der Waals surface area contributed by atoms with Gasteiger partial charge < -0.3 is 18.8 Å². The fraction of sp³-hybridized carbons (Fsp3) is 0.192. The van der Waals surface area contributed by atoms with Crippen molar-refractivity contribution in [1.82, 2.24) is 4.57 Å². The number of hydrogen-bond donors (Lipinski definition) is 0. The Morgan fingerprint density at radius 2 is 1.75 bits per heavy atom. The number of rotatable bonds is 7. The van der Waals surface area contributed by atoms with Crippen LogP contribution in [0.3, 0.4) is 0 Å². The van der Waals surface area contributed by atoms with E-state index < -0.39 is 0 Å². The second kappa shape index (κ2) is 9.49. The predicted octanol–water partition coefficient (Wildman–Crippen LogP) is 6.47. The minimum absolute atomic E-state index is 0.312. The van der Waals surface area contributed by atoms with Crippen molar-refractivity contribution in [2.75, 3.05) is 13.7 Å². The van der Waals surface area contributed by atoms with Gasteiger partial charge in [0.25, 0.3) is 0 Å². The SMILES string of the molecule is CCOC(=O)c1c(C)n(-c2ccc(OC)cc2)c2ccc(OCc3cccc(Br)c3)cc12. The van der Waals surface area contributed by atoms with Gasteiger partial charge in [-0.3, -0.25) is 0 Å². The first-order valence-electron chi connectivity index (χ1n) is 10.4. The average Bonchev–Trinajstić information content (AvgIpc) is 3.09. The summed E-state index contributed by atoms with van der Waals surface area (Å²) in [6, 6.07) is 21.5. The Bertz CT molecular complexity index is 1260. The van der Waals surface area contributed by atoms with Crippen molar-refractivity contribution in [1.29, 1.82) is 0 Å². The summed E-state index contributed by atoms with van der Waals surface area (Å²) < 4.78 is 19.7. The number of fused-ring (bicyclic) bond motifs is 1. The number of halogens is 1. The largest absolute Gasteiger partial charge is 0.497 e. The number of methoxy groups -OCH3 is 1. The fourth-order valence-corrected chi connectivity index (χ4v) is 4.25. The summed E-state index contributed by atoms with van der Waals surface area (Å²) in [6.07, 6.45) is 0. The van der Waals surface area contributed by atoms with Crippen molar-refractivity contribution in [3.63, 3.8) is 0 Å². The van der Waals surface area contributed by atoms with E-state index >= 15 is 0 Å².